The highest BCUT2D eigenvalue weighted by molar-refractivity contribution is 5.97. The molecule has 1 amide bonds. The molecule has 0 unspecified atom stereocenters. The number of carbonyl (C=O) groups excluding carboxylic acids is 1. The molecule has 4 aromatic rings. The van der Waals surface area contributed by atoms with Crippen LogP contribution in [0.25, 0.3) is 10.9 Å². The Kier molecular flexibility index (Phi) is 5.91. The topological polar surface area (TPSA) is 46.1 Å². The molecule has 2 aromatic carbocycles. The van der Waals surface area contributed by atoms with E-state index in [4.69, 9.17) is 0 Å². The zero-order valence-corrected chi connectivity index (χ0v) is 16.2. The van der Waals surface area contributed by atoms with Gasteiger partial charge in [0.25, 0.3) is 5.91 Å². The van der Waals surface area contributed by atoms with Gasteiger partial charge in [-0.15, -0.1) is 0 Å². The smallest absolute Gasteiger partial charge is 0.255 e. The number of hydrogen-bond acceptors (Lipinski definition) is 3. The Morgan fingerprint density at radius 2 is 1.66 bits per heavy atom. The van der Waals surface area contributed by atoms with Gasteiger partial charge in [0.05, 0.1) is 11.1 Å². The highest BCUT2D eigenvalue weighted by atomic mass is 16.2. The van der Waals surface area contributed by atoms with Crippen molar-refractivity contribution in [2.24, 2.45) is 0 Å². The van der Waals surface area contributed by atoms with Crippen molar-refractivity contribution in [3.05, 3.63) is 108 Å². The number of aryl methyl sites for hydroxylation is 1. The van der Waals surface area contributed by atoms with Crippen molar-refractivity contribution in [3.63, 3.8) is 0 Å². The molecule has 29 heavy (non-hydrogen) atoms. The van der Waals surface area contributed by atoms with E-state index in [1.54, 1.807) is 12.4 Å². The maximum absolute atomic E-state index is 13.3. The number of fused-ring (bicyclic) bond motifs is 1. The van der Waals surface area contributed by atoms with E-state index in [2.05, 4.69) is 34.2 Å². The average molecular weight is 381 g/mol. The highest BCUT2D eigenvalue weighted by Gasteiger charge is 2.17. The van der Waals surface area contributed by atoms with Crippen LogP contribution in [0.3, 0.4) is 0 Å². The molecule has 0 atom stereocenters. The predicted molar refractivity (Wildman–Crippen MR) is 115 cm³/mol. The number of para-hydroxylation sites is 1. The van der Waals surface area contributed by atoms with E-state index in [1.165, 1.54) is 5.56 Å². The van der Waals surface area contributed by atoms with Gasteiger partial charge < -0.3 is 4.90 Å². The predicted octanol–water partition coefficient (Wildman–Crippen LogP) is 4.91. The molecule has 2 heterocycles. The van der Waals surface area contributed by atoms with Crippen LogP contribution >= 0.6 is 0 Å². The molecule has 0 aliphatic rings. The second-order valence-corrected chi connectivity index (χ2v) is 7.09. The first-order valence-electron chi connectivity index (χ1n) is 9.86. The molecule has 0 N–H and O–H groups in total. The lowest BCUT2D eigenvalue weighted by atomic mass is 10.1. The summed E-state index contributed by atoms with van der Waals surface area (Å²) in [5.41, 5.74) is 3.82. The highest BCUT2D eigenvalue weighted by Crippen LogP contribution is 2.16. The number of rotatable bonds is 7. The summed E-state index contributed by atoms with van der Waals surface area (Å²) in [7, 11) is 0. The monoisotopic (exact) mass is 381 g/mol. The van der Waals surface area contributed by atoms with Gasteiger partial charge in [-0.25, -0.2) is 0 Å². The zero-order chi connectivity index (χ0) is 19.9. The molecule has 0 saturated carbocycles. The van der Waals surface area contributed by atoms with Crippen LogP contribution in [0.1, 0.15) is 27.9 Å². The van der Waals surface area contributed by atoms with Crippen LogP contribution in [-0.2, 0) is 13.0 Å². The van der Waals surface area contributed by atoms with Crippen LogP contribution in [0, 0.1) is 0 Å². The Hall–Kier alpha value is -3.53. The SMILES string of the molecule is O=C(c1cnc2ccccc2c1)N(CCCc1ccccc1)Cc1cccnc1. The number of hydrogen-bond donors (Lipinski definition) is 0. The maximum Gasteiger partial charge on any atom is 0.255 e. The Balaban J connectivity index is 1.53. The largest absolute Gasteiger partial charge is 0.334 e. The lowest BCUT2D eigenvalue weighted by Crippen LogP contribution is -2.32. The molecule has 0 fully saturated rings. The van der Waals surface area contributed by atoms with Gasteiger partial charge in [-0.3, -0.25) is 14.8 Å². The lowest BCUT2D eigenvalue weighted by molar-refractivity contribution is 0.0741. The molecular formula is C25H23N3O. The first-order valence-corrected chi connectivity index (χ1v) is 9.86. The summed E-state index contributed by atoms with van der Waals surface area (Å²) >= 11 is 0. The van der Waals surface area contributed by atoms with Crippen LogP contribution in [0.5, 0.6) is 0 Å². The van der Waals surface area contributed by atoms with E-state index < -0.39 is 0 Å². The van der Waals surface area contributed by atoms with Gasteiger partial charge in [-0.1, -0.05) is 54.6 Å². The Morgan fingerprint density at radius 1 is 0.862 bits per heavy atom. The van der Waals surface area contributed by atoms with Gasteiger partial charge >= 0.3 is 0 Å². The van der Waals surface area contributed by atoms with Crippen molar-refractivity contribution < 1.29 is 4.79 Å². The van der Waals surface area contributed by atoms with E-state index in [9.17, 15) is 4.79 Å². The summed E-state index contributed by atoms with van der Waals surface area (Å²) in [5, 5.41) is 0.976. The van der Waals surface area contributed by atoms with Crippen LogP contribution in [0.2, 0.25) is 0 Å². The fourth-order valence-corrected chi connectivity index (χ4v) is 3.45. The van der Waals surface area contributed by atoms with E-state index in [1.807, 2.05) is 59.6 Å². The van der Waals surface area contributed by atoms with Crippen LogP contribution in [0.15, 0.2) is 91.4 Å². The fraction of sp³-hybridized carbons (Fsp3) is 0.160. The van der Waals surface area contributed by atoms with Crippen molar-refractivity contribution in [2.45, 2.75) is 19.4 Å². The fourth-order valence-electron chi connectivity index (χ4n) is 3.45. The van der Waals surface area contributed by atoms with E-state index >= 15 is 0 Å². The molecule has 0 saturated heterocycles. The van der Waals surface area contributed by atoms with Gasteiger partial charge in [-0.2, -0.15) is 0 Å². The van der Waals surface area contributed by atoms with E-state index in [0.717, 1.165) is 29.3 Å². The minimum atomic E-state index is 0.000155. The van der Waals surface area contributed by atoms with Gasteiger partial charge in [0.15, 0.2) is 0 Å². The standard InChI is InChI=1S/C25H23N3O/c29-25(23-16-22-12-4-5-13-24(22)27-18-23)28(19-21-10-6-14-26-17-21)15-7-11-20-8-2-1-3-9-20/h1-6,8-10,12-14,16-18H,7,11,15,19H2. The normalized spacial score (nSPS) is 10.8. The molecule has 0 aliphatic heterocycles. The van der Waals surface area contributed by atoms with E-state index in [0.29, 0.717) is 18.7 Å². The molecular weight excluding hydrogens is 358 g/mol. The quantitative estimate of drug-likeness (QED) is 0.457. The molecule has 0 spiro atoms. The summed E-state index contributed by atoms with van der Waals surface area (Å²) < 4.78 is 0. The van der Waals surface area contributed by atoms with Crippen molar-refractivity contribution in [3.8, 4) is 0 Å². The third-order valence-electron chi connectivity index (χ3n) is 4.96. The number of pyridine rings is 2. The minimum Gasteiger partial charge on any atom is -0.334 e. The molecule has 2 aromatic heterocycles. The molecule has 0 aliphatic carbocycles. The minimum absolute atomic E-state index is 0.000155. The van der Waals surface area contributed by atoms with Gasteiger partial charge in [0.1, 0.15) is 0 Å². The molecule has 144 valence electrons. The first-order chi connectivity index (χ1) is 14.3. The van der Waals surface area contributed by atoms with Crippen molar-refractivity contribution in [2.75, 3.05) is 6.54 Å². The molecule has 0 radical (unpaired) electrons. The Labute approximate surface area is 170 Å². The number of carbonyl (C=O) groups is 1. The maximum atomic E-state index is 13.3. The Bertz CT molecular complexity index is 1080. The summed E-state index contributed by atoms with van der Waals surface area (Å²) in [5.74, 6) is 0.000155. The van der Waals surface area contributed by atoms with Gasteiger partial charge in [0, 0.05) is 37.1 Å². The molecule has 4 rings (SSSR count). The summed E-state index contributed by atoms with van der Waals surface area (Å²) in [4.78, 5) is 23.8. The van der Waals surface area contributed by atoms with Crippen LogP contribution in [0.4, 0.5) is 0 Å². The second-order valence-electron chi connectivity index (χ2n) is 7.09. The molecule has 0 bridgehead atoms. The number of aromatic nitrogens is 2. The van der Waals surface area contributed by atoms with Crippen molar-refractivity contribution in [1.29, 1.82) is 0 Å². The lowest BCUT2D eigenvalue weighted by Gasteiger charge is -2.23. The Morgan fingerprint density at radius 3 is 2.48 bits per heavy atom. The zero-order valence-electron chi connectivity index (χ0n) is 16.2. The van der Waals surface area contributed by atoms with Gasteiger partial charge in [0.2, 0.25) is 0 Å². The number of amides is 1. The first kappa shape index (κ1) is 18.8. The van der Waals surface area contributed by atoms with Crippen LogP contribution < -0.4 is 0 Å². The van der Waals surface area contributed by atoms with E-state index in [-0.39, 0.29) is 5.91 Å². The summed E-state index contributed by atoms with van der Waals surface area (Å²) in [6, 6.07) is 24.1. The summed E-state index contributed by atoms with van der Waals surface area (Å²) in [6.07, 6.45) is 7.08. The second kappa shape index (κ2) is 9.11. The third kappa shape index (κ3) is 4.85. The van der Waals surface area contributed by atoms with Gasteiger partial charge in [-0.05, 0) is 42.2 Å². The molecule has 4 nitrogen and oxygen atoms in total. The van der Waals surface area contributed by atoms with Crippen molar-refractivity contribution in [1.82, 2.24) is 14.9 Å². The summed E-state index contributed by atoms with van der Waals surface area (Å²) in [6.45, 7) is 1.21. The number of benzene rings is 2. The van der Waals surface area contributed by atoms with Crippen LogP contribution in [-0.4, -0.2) is 27.3 Å². The number of nitrogens with zero attached hydrogens (tertiary/aromatic N) is 3. The third-order valence-corrected chi connectivity index (χ3v) is 4.96. The molecule has 4 heteroatoms. The van der Waals surface area contributed by atoms with Crippen molar-refractivity contribution >= 4 is 16.8 Å². The average Bonchev–Trinajstić information content (AvgIpc) is 2.79.